The van der Waals surface area contributed by atoms with Crippen LogP contribution in [0, 0.1) is 10.1 Å². The Bertz CT molecular complexity index is 1800. The van der Waals surface area contributed by atoms with Crippen LogP contribution in [0.2, 0.25) is 0 Å². The van der Waals surface area contributed by atoms with E-state index in [0.29, 0.717) is 24.0 Å². The lowest BCUT2D eigenvalue weighted by Crippen LogP contribution is -2.37. The molecule has 4 N–H and O–H groups in total. The van der Waals surface area contributed by atoms with Gasteiger partial charge in [-0.15, -0.1) is 0 Å². The number of rotatable bonds is 6. The fourth-order valence-corrected chi connectivity index (χ4v) is 7.23. The first-order valence-electron chi connectivity index (χ1n) is 14.5. The van der Waals surface area contributed by atoms with Gasteiger partial charge in [0.1, 0.15) is 28.6 Å². The highest BCUT2D eigenvalue weighted by Gasteiger charge is 2.49. The molecule has 2 bridgehead atoms. The minimum absolute atomic E-state index is 0.0678. The molecule has 7 rings (SSSR count). The van der Waals surface area contributed by atoms with Gasteiger partial charge in [-0.05, 0) is 56.9 Å². The number of nitro benzene ring substituents is 1. The average molecular weight is 620 g/mol. The number of hydrogen-bond donors (Lipinski definition) is 4. The van der Waals surface area contributed by atoms with Gasteiger partial charge in [-0.25, -0.2) is 4.79 Å². The fraction of sp³-hybridized carbons (Fsp3) is 0.394. The molecular formula is C33H33NO11. The first kappa shape index (κ1) is 30.4. The Hall–Kier alpha value is -4.68. The molecule has 0 amide bonds. The molecule has 0 heterocycles. The molecule has 12 heteroatoms. The van der Waals surface area contributed by atoms with Crippen molar-refractivity contribution in [1.82, 2.24) is 0 Å². The Labute approximate surface area is 257 Å². The van der Waals surface area contributed by atoms with Crippen molar-refractivity contribution in [2.24, 2.45) is 0 Å². The zero-order chi connectivity index (χ0) is 32.6. The second-order valence-electron chi connectivity index (χ2n) is 12.7. The number of ketones is 1. The number of fused-ring (bicyclic) bond motifs is 3. The predicted octanol–water partition coefficient (Wildman–Crippen LogP) is 6.31. The fourth-order valence-electron chi connectivity index (χ4n) is 7.23. The van der Waals surface area contributed by atoms with Crippen LogP contribution in [0.1, 0.15) is 91.5 Å². The van der Waals surface area contributed by atoms with E-state index in [0.717, 1.165) is 0 Å². The number of phenols is 3. The zero-order valence-electron chi connectivity index (χ0n) is 25.1. The first-order chi connectivity index (χ1) is 21.2. The molecule has 3 aromatic carbocycles. The van der Waals surface area contributed by atoms with E-state index in [1.807, 2.05) is 12.2 Å². The Morgan fingerprint density at radius 1 is 1.07 bits per heavy atom. The highest BCUT2D eigenvalue weighted by atomic mass is 16.7. The summed E-state index contributed by atoms with van der Waals surface area (Å²) in [6, 6.07) is 5.12. The molecule has 0 aliphatic heterocycles. The van der Waals surface area contributed by atoms with E-state index < -0.39 is 46.0 Å². The van der Waals surface area contributed by atoms with Crippen molar-refractivity contribution >= 4 is 28.4 Å². The lowest BCUT2D eigenvalue weighted by Gasteiger charge is -2.45. The maximum Gasteiger partial charge on any atom is 0.506 e. The number of carbonyl (C=O) groups is 2. The third-order valence-electron chi connectivity index (χ3n) is 8.97. The van der Waals surface area contributed by atoms with Crippen molar-refractivity contribution in [2.75, 3.05) is 7.11 Å². The van der Waals surface area contributed by atoms with E-state index in [9.17, 15) is 40.1 Å². The number of nitro groups is 1. The smallest absolute Gasteiger partial charge is 0.506 e. The summed E-state index contributed by atoms with van der Waals surface area (Å²) >= 11 is 0. The number of aromatic hydroxyl groups is 3. The van der Waals surface area contributed by atoms with Gasteiger partial charge in [0.15, 0.2) is 6.10 Å². The molecule has 0 spiro atoms. The first-order valence-corrected chi connectivity index (χ1v) is 14.5. The third kappa shape index (κ3) is 4.75. The topological polar surface area (TPSA) is 186 Å². The SMILES string of the molecule is COC12C=CC(CC1)c1c2c(O)c2c(O)c3c(c(O)c2c1C(OC(=O)O)c1ccc([N+](=O)[O-])cc1)CC(=O)CC3OC(C)(C)C. The van der Waals surface area contributed by atoms with Crippen molar-refractivity contribution in [3.05, 3.63) is 79.9 Å². The maximum absolute atomic E-state index is 13.0. The minimum atomic E-state index is -1.67. The number of allylic oxidation sites excluding steroid dienone is 1. The quantitative estimate of drug-likeness (QED) is 0.0796. The Morgan fingerprint density at radius 2 is 1.76 bits per heavy atom. The summed E-state index contributed by atoms with van der Waals surface area (Å²) in [5.74, 6) is -1.82. The van der Waals surface area contributed by atoms with Crippen LogP contribution in [0.3, 0.4) is 0 Å². The van der Waals surface area contributed by atoms with E-state index in [4.69, 9.17) is 14.2 Å². The monoisotopic (exact) mass is 619 g/mol. The lowest BCUT2D eigenvalue weighted by molar-refractivity contribution is -0.384. The van der Waals surface area contributed by atoms with Crippen molar-refractivity contribution in [3.8, 4) is 17.2 Å². The van der Waals surface area contributed by atoms with Gasteiger partial charge in [0.25, 0.3) is 5.69 Å². The zero-order valence-corrected chi connectivity index (χ0v) is 25.1. The van der Waals surface area contributed by atoms with Crippen LogP contribution in [0.15, 0.2) is 36.4 Å². The molecule has 0 saturated heterocycles. The summed E-state index contributed by atoms with van der Waals surface area (Å²) in [5.41, 5.74) is -0.783. The highest BCUT2D eigenvalue weighted by molar-refractivity contribution is 6.06. The van der Waals surface area contributed by atoms with Gasteiger partial charge in [0.2, 0.25) is 0 Å². The van der Waals surface area contributed by atoms with E-state index in [-0.39, 0.29) is 69.0 Å². The van der Waals surface area contributed by atoms with Crippen LogP contribution in [0.25, 0.3) is 10.8 Å². The minimum Gasteiger partial charge on any atom is -0.507 e. The van der Waals surface area contributed by atoms with Crippen LogP contribution in [-0.2, 0) is 31.0 Å². The van der Waals surface area contributed by atoms with Crippen LogP contribution in [0.4, 0.5) is 10.5 Å². The third-order valence-corrected chi connectivity index (χ3v) is 8.97. The Morgan fingerprint density at radius 3 is 2.31 bits per heavy atom. The number of ether oxygens (including phenoxy) is 3. The second-order valence-corrected chi connectivity index (χ2v) is 12.7. The number of methoxy groups -OCH3 is 1. The molecule has 0 aromatic heterocycles. The summed E-state index contributed by atoms with van der Waals surface area (Å²) in [7, 11) is 1.48. The normalized spacial score (nSPS) is 22.6. The Balaban J connectivity index is 1.77. The molecule has 4 aliphatic carbocycles. The van der Waals surface area contributed by atoms with Gasteiger partial charge in [0.05, 0.1) is 22.0 Å². The van der Waals surface area contributed by atoms with Gasteiger partial charge in [0, 0.05) is 65.6 Å². The molecular weight excluding hydrogens is 586 g/mol. The van der Waals surface area contributed by atoms with Gasteiger partial charge < -0.3 is 34.6 Å². The molecule has 45 heavy (non-hydrogen) atoms. The van der Waals surface area contributed by atoms with Crippen molar-refractivity contribution < 1.29 is 49.1 Å². The number of benzene rings is 3. The molecule has 236 valence electrons. The van der Waals surface area contributed by atoms with E-state index in [1.54, 1.807) is 20.8 Å². The molecule has 0 fully saturated rings. The van der Waals surface area contributed by atoms with Crippen molar-refractivity contribution in [1.29, 1.82) is 0 Å². The van der Waals surface area contributed by atoms with Gasteiger partial charge in [-0.2, -0.15) is 0 Å². The molecule has 3 aromatic rings. The largest absolute Gasteiger partial charge is 0.507 e. The predicted molar refractivity (Wildman–Crippen MR) is 160 cm³/mol. The second kappa shape index (κ2) is 10.5. The van der Waals surface area contributed by atoms with E-state index in [1.165, 1.54) is 31.4 Å². The number of phenolic OH excluding ortho intramolecular Hbond substituents is 3. The molecule has 4 aliphatic rings. The Kier molecular flexibility index (Phi) is 7.05. The summed E-state index contributed by atoms with van der Waals surface area (Å²) in [5, 5.41) is 57.1. The summed E-state index contributed by atoms with van der Waals surface area (Å²) in [4.78, 5) is 36.0. The standard InChI is InChI=1S/C33H33NO11/c1-32(2,3)45-20-14-18(35)13-19-22(20)28(37)25-23(27(19)36)24(21-15-9-11-33(43-4,12-10-15)26(21)29(25)38)30(44-31(39)40)16-5-7-17(8-6-16)34(41)42/h5-9,11,15,20,30,36-38H,10,12-14H2,1-4H3,(H,39,40). The molecule has 0 radical (unpaired) electrons. The van der Waals surface area contributed by atoms with E-state index in [2.05, 4.69) is 0 Å². The van der Waals surface area contributed by atoms with Gasteiger partial charge in [-0.3, -0.25) is 14.9 Å². The molecule has 4 atom stereocenters. The summed E-state index contributed by atoms with van der Waals surface area (Å²) < 4.78 is 17.6. The lowest BCUT2D eigenvalue weighted by atomic mass is 9.64. The van der Waals surface area contributed by atoms with Crippen LogP contribution >= 0.6 is 0 Å². The number of carboxylic acid groups (broad SMARTS) is 1. The summed E-state index contributed by atoms with van der Waals surface area (Å²) in [6.45, 7) is 5.37. The van der Waals surface area contributed by atoms with Crippen molar-refractivity contribution in [3.63, 3.8) is 0 Å². The molecule has 4 unspecified atom stereocenters. The average Bonchev–Trinajstić information content (AvgIpc) is 2.98. The number of Topliss-reactive ketones (excluding diaryl/α,β-unsaturated/α-hetero) is 1. The maximum atomic E-state index is 13.0. The van der Waals surface area contributed by atoms with Crippen LogP contribution in [0.5, 0.6) is 17.2 Å². The van der Waals surface area contributed by atoms with Gasteiger partial charge in [-0.1, -0.05) is 12.2 Å². The van der Waals surface area contributed by atoms with Crippen LogP contribution < -0.4 is 0 Å². The highest BCUT2D eigenvalue weighted by Crippen LogP contribution is 2.61. The number of hydrogen-bond acceptors (Lipinski definition) is 10. The van der Waals surface area contributed by atoms with Crippen molar-refractivity contribution in [2.45, 2.75) is 75.8 Å². The number of nitrogens with zero attached hydrogens (tertiary/aromatic N) is 1. The molecule has 12 nitrogen and oxygen atoms in total. The van der Waals surface area contributed by atoms with Crippen LogP contribution in [-0.4, -0.2) is 50.0 Å². The summed E-state index contributed by atoms with van der Waals surface area (Å²) in [6.07, 6.45) is 0.339. The van der Waals surface area contributed by atoms with E-state index >= 15 is 0 Å². The number of non-ortho nitro benzene ring substituents is 1. The van der Waals surface area contributed by atoms with Gasteiger partial charge >= 0.3 is 6.16 Å². The number of carbonyl (C=O) groups excluding carboxylic acids is 1. The molecule has 0 saturated carbocycles.